The summed E-state index contributed by atoms with van der Waals surface area (Å²) in [5, 5.41) is 9.35. The average Bonchev–Trinajstić information content (AvgIpc) is 1.98. The largest absolute Gasteiger partial charge is 0.379 e. The summed E-state index contributed by atoms with van der Waals surface area (Å²) in [5.41, 5.74) is 6.07. The van der Waals surface area contributed by atoms with Gasteiger partial charge >= 0.3 is 0 Å². The number of benzene rings is 2. The quantitative estimate of drug-likeness (QED) is 0.0822. The number of nitrogens with one attached hydrogen (secondary N) is 3. The summed E-state index contributed by atoms with van der Waals surface area (Å²) in [6.07, 6.45) is 3.85. The molecule has 2 fully saturated rings. The van der Waals surface area contributed by atoms with Gasteiger partial charge in [0.25, 0.3) is 0 Å². The highest BCUT2D eigenvalue weighted by atomic mass is 35.5. The van der Waals surface area contributed by atoms with E-state index >= 15 is 8.78 Å². The van der Waals surface area contributed by atoms with E-state index in [1.54, 1.807) is 12.1 Å². The Morgan fingerprint density at radius 2 is 0.976 bits per heavy atom. The third kappa shape index (κ3) is 15.3. The van der Waals surface area contributed by atoms with Gasteiger partial charge in [-0.2, -0.15) is 0 Å². The molecule has 4 aliphatic rings. The number of hydrogen-bond acceptors (Lipinski definition) is 16. The molecule has 23 heteroatoms. The van der Waals surface area contributed by atoms with Crippen LogP contribution in [0.2, 0.25) is 0 Å². The number of alkyl halides is 1. The van der Waals surface area contributed by atoms with Gasteiger partial charge in [-0.05, 0) is 103 Å². The van der Waals surface area contributed by atoms with Crippen molar-refractivity contribution in [3.05, 3.63) is 118 Å². The average molecular weight is 1190 g/mol. The van der Waals surface area contributed by atoms with E-state index in [1.807, 2.05) is 82.7 Å². The number of aryl methyl sites for hydroxylation is 2. The first-order valence-corrected chi connectivity index (χ1v) is 28.9. The second-order valence-electron chi connectivity index (χ2n) is 23.2. The molecular formula is C62H81ClF4N16O2. The summed E-state index contributed by atoms with van der Waals surface area (Å²) in [6, 6.07) is 13.9. The summed E-state index contributed by atoms with van der Waals surface area (Å²) in [4.78, 5) is 42.5. The number of rotatable bonds is 11. The Balaban J connectivity index is 0.000000198. The first-order chi connectivity index (χ1) is 39.8. The van der Waals surface area contributed by atoms with Gasteiger partial charge in [0, 0.05) is 124 Å². The summed E-state index contributed by atoms with van der Waals surface area (Å²) in [6.45, 7) is 29.7. The Labute approximate surface area is 501 Å². The Morgan fingerprint density at radius 1 is 0.541 bits per heavy atom. The van der Waals surface area contributed by atoms with Crippen LogP contribution >= 0.6 is 11.6 Å². The Bertz CT molecular complexity index is 3580. The van der Waals surface area contributed by atoms with E-state index in [9.17, 15) is 8.78 Å². The van der Waals surface area contributed by atoms with Gasteiger partial charge in [0.1, 0.15) is 45.7 Å². The second kappa shape index (κ2) is 27.7. The molecule has 0 bridgehead atoms. The van der Waals surface area contributed by atoms with E-state index in [0.717, 1.165) is 141 Å². The van der Waals surface area contributed by atoms with Crippen molar-refractivity contribution in [1.29, 1.82) is 0 Å². The minimum absolute atomic E-state index is 0. The number of ether oxygens (including phenoxy) is 2. The number of nitrogens with zero attached hydrogens (tertiary/aromatic N) is 13. The van der Waals surface area contributed by atoms with Crippen molar-refractivity contribution >= 4 is 57.2 Å². The normalized spacial score (nSPS) is 15.8. The van der Waals surface area contributed by atoms with Crippen LogP contribution in [0.3, 0.4) is 0 Å². The van der Waals surface area contributed by atoms with Crippen LogP contribution in [0.25, 0.3) is 44.6 Å². The molecule has 3 N–H and O–H groups in total. The van der Waals surface area contributed by atoms with Crippen molar-refractivity contribution in [2.45, 2.75) is 107 Å². The van der Waals surface area contributed by atoms with E-state index < -0.39 is 23.3 Å². The molecular weight excluding hydrogens is 1110 g/mol. The number of aromatic nitrogens is 10. The van der Waals surface area contributed by atoms with Crippen LogP contribution in [0, 0.1) is 37.1 Å². The van der Waals surface area contributed by atoms with Crippen molar-refractivity contribution in [3.63, 3.8) is 0 Å². The van der Waals surface area contributed by atoms with Gasteiger partial charge in [-0.15, -0.1) is 11.6 Å². The smallest absolute Gasteiger partial charge is 0.229 e. The lowest BCUT2D eigenvalue weighted by atomic mass is 10.1. The molecule has 0 atom stereocenters. The lowest BCUT2D eigenvalue weighted by Gasteiger charge is -2.32. The van der Waals surface area contributed by atoms with Gasteiger partial charge in [0.15, 0.2) is 23.3 Å². The number of morpholine rings is 2. The minimum atomic E-state index is -0.643. The van der Waals surface area contributed by atoms with Gasteiger partial charge in [-0.25, -0.2) is 57.4 Å². The number of imidazole rings is 2. The van der Waals surface area contributed by atoms with Crippen molar-refractivity contribution in [1.82, 2.24) is 69.0 Å². The molecule has 2 aromatic carbocycles. The number of pyridine rings is 2. The third-order valence-corrected chi connectivity index (χ3v) is 15.1. The van der Waals surface area contributed by atoms with Crippen LogP contribution in [0.1, 0.15) is 90.6 Å². The zero-order valence-electron chi connectivity index (χ0n) is 48.5. The van der Waals surface area contributed by atoms with Crippen LogP contribution in [0.5, 0.6) is 0 Å². The molecule has 2 saturated heterocycles. The number of fused-ring (bicyclic) bond motifs is 4. The zero-order chi connectivity index (χ0) is 58.6. The molecule has 18 nitrogen and oxygen atoms in total. The van der Waals surface area contributed by atoms with E-state index in [1.165, 1.54) is 17.7 Å². The Morgan fingerprint density at radius 3 is 1.39 bits per heavy atom. The van der Waals surface area contributed by atoms with Crippen molar-refractivity contribution in [2.75, 3.05) is 102 Å². The summed E-state index contributed by atoms with van der Waals surface area (Å²) < 4.78 is 74.4. The topological polar surface area (TPSA) is 177 Å². The zero-order valence-corrected chi connectivity index (χ0v) is 49.3. The Kier molecular flexibility index (Phi) is 20.9. The van der Waals surface area contributed by atoms with E-state index in [4.69, 9.17) is 31.0 Å². The van der Waals surface area contributed by atoms with Gasteiger partial charge < -0.3 is 34.6 Å². The SMILES string of the molecule is C.C.C1COCCN1.Cc1nc2c(F)cc(-c3nc(Nc4ccc5c(n4)CCN(CCCl)C5)ncc3F)cc2n1C(C)(C)C.Cc1nc2c(F)cc(-c3nc(Nc4ccc5c(n4)CCN(CCN4CCOCC4)C5)ncc3F)cc2n1C(C)(C)C. The fourth-order valence-corrected chi connectivity index (χ4v) is 11.4. The molecule has 0 saturated carbocycles. The van der Waals surface area contributed by atoms with Crippen LogP contribution in [-0.4, -0.2) is 155 Å². The predicted octanol–water partition coefficient (Wildman–Crippen LogP) is 11.1. The molecule has 85 heavy (non-hydrogen) atoms. The summed E-state index contributed by atoms with van der Waals surface area (Å²) >= 11 is 5.88. The summed E-state index contributed by atoms with van der Waals surface area (Å²) in [7, 11) is 0. The van der Waals surface area contributed by atoms with Crippen LogP contribution < -0.4 is 16.0 Å². The maximum Gasteiger partial charge on any atom is 0.229 e. The van der Waals surface area contributed by atoms with E-state index in [-0.39, 0.29) is 60.2 Å². The fraction of sp³-hybridized carbons (Fsp3) is 0.484. The second-order valence-corrected chi connectivity index (χ2v) is 23.6. The van der Waals surface area contributed by atoms with Crippen LogP contribution in [0.4, 0.5) is 41.1 Å². The number of anilines is 4. The Hall–Kier alpha value is -6.79. The first kappa shape index (κ1) is 64.2. The van der Waals surface area contributed by atoms with Gasteiger partial charge in [0.2, 0.25) is 11.9 Å². The lowest BCUT2D eigenvalue weighted by Crippen LogP contribution is -2.42. The van der Waals surface area contributed by atoms with Gasteiger partial charge in [-0.1, -0.05) is 27.0 Å². The molecule has 0 amide bonds. The molecule has 456 valence electrons. The maximum atomic E-state index is 15.1. The highest BCUT2D eigenvalue weighted by Gasteiger charge is 2.27. The molecule has 8 aromatic rings. The third-order valence-electron chi connectivity index (χ3n) is 15.0. The lowest BCUT2D eigenvalue weighted by molar-refractivity contribution is 0.0326. The molecule has 6 aromatic heterocycles. The molecule has 0 spiro atoms. The molecule has 4 aliphatic heterocycles. The standard InChI is InChI=1S/C30H36F2N8O.C26H28ClF2N7.C4H9NO.2CH4/c1-19-34-28-22(31)15-21(16-25(28)40(19)30(2,3)4)27-23(32)17-33-29(37-27)36-26-6-5-20-18-39(8-7-24(20)35-26)10-9-38-11-13-41-14-12-38;1-15-31-24-18(28)11-17(12-21(24)36(15)26(2,3)4)23-19(29)13-30-25(34-23)33-22-6-5-16-14-35(10-8-27)9-7-20(16)32-22;1-3-6-4-2-5-1;;/h5-6,15-17H,7-14,18H2,1-4H3,(H,33,35,36,37);5-6,11-13H,7-10,14H2,1-4H3,(H,30,32,33,34);5H,1-4H2;2*1H4. The molecule has 10 heterocycles. The molecule has 0 aliphatic carbocycles. The monoisotopic (exact) mass is 1190 g/mol. The number of hydrogen-bond donors (Lipinski definition) is 3. The maximum absolute atomic E-state index is 15.1. The van der Waals surface area contributed by atoms with E-state index in [2.05, 4.69) is 66.6 Å². The van der Waals surface area contributed by atoms with Crippen LogP contribution in [-0.2, 0) is 46.5 Å². The molecule has 0 unspecified atom stereocenters. The number of halogens is 5. The van der Waals surface area contributed by atoms with Crippen molar-refractivity contribution in [2.24, 2.45) is 0 Å². The minimum Gasteiger partial charge on any atom is -0.379 e. The molecule has 0 radical (unpaired) electrons. The van der Waals surface area contributed by atoms with Gasteiger partial charge in [-0.3, -0.25) is 14.7 Å². The summed E-state index contributed by atoms with van der Waals surface area (Å²) in [5.74, 6) is 1.17. The highest BCUT2D eigenvalue weighted by Crippen LogP contribution is 2.35. The molecule has 12 rings (SSSR count). The highest BCUT2D eigenvalue weighted by molar-refractivity contribution is 6.18. The van der Waals surface area contributed by atoms with E-state index in [0.29, 0.717) is 51.3 Å². The predicted molar refractivity (Wildman–Crippen MR) is 329 cm³/mol. The van der Waals surface area contributed by atoms with Crippen LogP contribution in [0.15, 0.2) is 60.9 Å². The van der Waals surface area contributed by atoms with Crippen molar-refractivity contribution < 1.29 is 27.0 Å². The van der Waals surface area contributed by atoms with Gasteiger partial charge in [0.05, 0.1) is 49.9 Å². The fourth-order valence-electron chi connectivity index (χ4n) is 11.2. The first-order valence-electron chi connectivity index (χ1n) is 28.3. The van der Waals surface area contributed by atoms with Crippen molar-refractivity contribution in [3.8, 4) is 22.5 Å².